The van der Waals surface area contributed by atoms with Gasteiger partial charge in [-0.3, -0.25) is 10.1 Å². The minimum atomic E-state index is -3.76. The highest BCUT2D eigenvalue weighted by molar-refractivity contribution is 7.89. The van der Waals surface area contributed by atoms with E-state index in [-0.39, 0.29) is 10.6 Å². The van der Waals surface area contributed by atoms with E-state index in [0.717, 1.165) is 21.5 Å². The van der Waals surface area contributed by atoms with Gasteiger partial charge in [0.25, 0.3) is 5.69 Å². The van der Waals surface area contributed by atoms with Gasteiger partial charge in [0, 0.05) is 43.3 Å². The van der Waals surface area contributed by atoms with Gasteiger partial charge in [-0.2, -0.15) is 0 Å². The van der Waals surface area contributed by atoms with Crippen LogP contribution in [0.2, 0.25) is 10.0 Å². The number of halogens is 2. The fourth-order valence-corrected chi connectivity index (χ4v) is 4.66. The summed E-state index contributed by atoms with van der Waals surface area (Å²) in [5, 5.41) is 12.7. The van der Waals surface area contributed by atoms with Gasteiger partial charge in [0.2, 0.25) is 10.0 Å². The van der Waals surface area contributed by atoms with Crippen molar-refractivity contribution in [3.05, 3.63) is 61.6 Å². The summed E-state index contributed by atoms with van der Waals surface area (Å²) in [5.41, 5.74) is 1.98. The van der Waals surface area contributed by atoms with E-state index in [1.54, 1.807) is 12.1 Å². The fourth-order valence-electron chi connectivity index (χ4n) is 3.10. The lowest BCUT2D eigenvalue weighted by Crippen LogP contribution is -2.31. The number of nitro benzene ring substituents is 1. The standard InChI is InChI=1S/C17H17Cl2N3O4S/c1-20(2)27(25,26)13-3-4-16(17(9-13)22(23)24)21-6-5-14-11(10-21)7-12(18)8-15(14)19/h3-4,7-9H,5-6,10H2,1-2H3. The number of hydrogen-bond donors (Lipinski definition) is 0. The van der Waals surface area contributed by atoms with Crippen molar-refractivity contribution >= 4 is 44.6 Å². The molecule has 27 heavy (non-hydrogen) atoms. The monoisotopic (exact) mass is 429 g/mol. The molecule has 0 radical (unpaired) electrons. The maximum Gasteiger partial charge on any atom is 0.293 e. The van der Waals surface area contributed by atoms with E-state index in [1.807, 2.05) is 4.90 Å². The predicted octanol–water partition coefficient (Wildman–Crippen LogP) is 3.71. The van der Waals surface area contributed by atoms with Crippen molar-refractivity contribution in [1.29, 1.82) is 0 Å². The van der Waals surface area contributed by atoms with Crippen molar-refractivity contribution in [3.63, 3.8) is 0 Å². The predicted molar refractivity (Wildman–Crippen MR) is 105 cm³/mol. The van der Waals surface area contributed by atoms with Gasteiger partial charge in [0.05, 0.1) is 9.82 Å². The summed E-state index contributed by atoms with van der Waals surface area (Å²) in [5.74, 6) is 0. The van der Waals surface area contributed by atoms with Gasteiger partial charge in [-0.15, -0.1) is 0 Å². The van der Waals surface area contributed by atoms with Crippen LogP contribution in [0, 0.1) is 10.1 Å². The highest BCUT2D eigenvalue weighted by Crippen LogP contribution is 2.36. The van der Waals surface area contributed by atoms with Crippen LogP contribution in [0.5, 0.6) is 0 Å². The summed E-state index contributed by atoms with van der Waals surface area (Å²) in [4.78, 5) is 12.7. The molecule has 0 saturated carbocycles. The van der Waals surface area contributed by atoms with E-state index < -0.39 is 14.9 Å². The lowest BCUT2D eigenvalue weighted by Gasteiger charge is -2.31. The molecule has 3 rings (SSSR count). The third kappa shape index (κ3) is 3.75. The summed E-state index contributed by atoms with van der Waals surface area (Å²) >= 11 is 12.3. The molecule has 0 fully saturated rings. The number of sulfonamides is 1. The Balaban J connectivity index is 2.03. The van der Waals surface area contributed by atoms with Gasteiger partial charge in [0.15, 0.2) is 0 Å². The summed E-state index contributed by atoms with van der Waals surface area (Å²) in [7, 11) is -1.01. The Bertz CT molecular complexity index is 1030. The summed E-state index contributed by atoms with van der Waals surface area (Å²) in [6.07, 6.45) is 0.611. The van der Waals surface area contributed by atoms with Crippen LogP contribution in [0.15, 0.2) is 35.2 Å². The Morgan fingerprint density at radius 2 is 1.89 bits per heavy atom. The van der Waals surface area contributed by atoms with Crippen molar-refractivity contribution < 1.29 is 13.3 Å². The molecule has 144 valence electrons. The first-order valence-electron chi connectivity index (χ1n) is 8.04. The molecular formula is C17H17Cl2N3O4S. The second-order valence-corrected chi connectivity index (χ2v) is 9.39. The molecule has 2 aromatic carbocycles. The van der Waals surface area contributed by atoms with Crippen LogP contribution in [-0.2, 0) is 23.0 Å². The average molecular weight is 430 g/mol. The number of benzene rings is 2. The Morgan fingerprint density at radius 1 is 1.19 bits per heavy atom. The summed E-state index contributed by atoms with van der Waals surface area (Å²) in [6.45, 7) is 0.922. The molecule has 1 aliphatic rings. The van der Waals surface area contributed by atoms with Crippen molar-refractivity contribution in [2.45, 2.75) is 17.9 Å². The molecule has 2 aromatic rings. The molecule has 0 aliphatic carbocycles. The molecule has 0 atom stereocenters. The van der Waals surface area contributed by atoms with Crippen LogP contribution in [0.4, 0.5) is 11.4 Å². The maximum absolute atomic E-state index is 12.3. The zero-order valence-electron chi connectivity index (χ0n) is 14.6. The Hall–Kier alpha value is -1.87. The molecule has 0 bridgehead atoms. The summed E-state index contributed by atoms with van der Waals surface area (Å²) in [6, 6.07) is 7.45. The highest BCUT2D eigenvalue weighted by Gasteiger charge is 2.28. The fraction of sp³-hybridized carbons (Fsp3) is 0.294. The van der Waals surface area contributed by atoms with Gasteiger partial charge < -0.3 is 4.90 Å². The molecule has 1 aliphatic heterocycles. The van der Waals surface area contributed by atoms with E-state index in [4.69, 9.17) is 23.2 Å². The van der Waals surface area contributed by atoms with Crippen molar-refractivity contribution in [2.24, 2.45) is 0 Å². The quantitative estimate of drug-likeness (QED) is 0.546. The first kappa shape index (κ1) is 19.9. The van der Waals surface area contributed by atoms with E-state index in [9.17, 15) is 18.5 Å². The van der Waals surface area contributed by atoms with Gasteiger partial charge in [-0.25, -0.2) is 12.7 Å². The second kappa shape index (κ2) is 7.27. The second-order valence-electron chi connectivity index (χ2n) is 6.39. The number of anilines is 1. The molecule has 7 nitrogen and oxygen atoms in total. The SMILES string of the molecule is CN(C)S(=O)(=O)c1ccc(N2CCc3c(Cl)cc(Cl)cc3C2)c([N+](=O)[O-])c1. The number of hydrogen-bond acceptors (Lipinski definition) is 5. The molecule has 0 aromatic heterocycles. The average Bonchev–Trinajstić information content (AvgIpc) is 2.60. The van der Waals surface area contributed by atoms with E-state index >= 15 is 0 Å². The third-order valence-electron chi connectivity index (χ3n) is 4.51. The normalized spacial score (nSPS) is 14.3. The summed E-state index contributed by atoms with van der Waals surface area (Å²) < 4.78 is 25.6. The lowest BCUT2D eigenvalue weighted by atomic mass is 9.99. The zero-order valence-corrected chi connectivity index (χ0v) is 17.0. The first-order valence-corrected chi connectivity index (χ1v) is 10.2. The molecule has 0 spiro atoms. The number of fused-ring (bicyclic) bond motifs is 1. The smallest absolute Gasteiger partial charge is 0.293 e. The Labute approximate surface area is 167 Å². The molecule has 10 heteroatoms. The Kier molecular flexibility index (Phi) is 5.36. The van der Waals surface area contributed by atoms with E-state index in [0.29, 0.717) is 35.2 Å². The highest BCUT2D eigenvalue weighted by atomic mass is 35.5. The minimum Gasteiger partial charge on any atom is -0.361 e. The minimum absolute atomic E-state index is 0.119. The number of rotatable bonds is 4. The lowest BCUT2D eigenvalue weighted by molar-refractivity contribution is -0.384. The van der Waals surface area contributed by atoms with Gasteiger partial charge in [-0.05, 0) is 41.8 Å². The van der Waals surface area contributed by atoms with Gasteiger partial charge >= 0.3 is 0 Å². The first-order chi connectivity index (χ1) is 12.6. The van der Waals surface area contributed by atoms with E-state index in [2.05, 4.69) is 0 Å². The van der Waals surface area contributed by atoms with Crippen LogP contribution in [0.25, 0.3) is 0 Å². The van der Waals surface area contributed by atoms with Crippen LogP contribution >= 0.6 is 23.2 Å². The number of nitrogens with zero attached hydrogens (tertiary/aromatic N) is 3. The molecule has 0 saturated heterocycles. The number of nitro groups is 1. The molecule has 0 amide bonds. The maximum atomic E-state index is 12.3. The van der Waals surface area contributed by atoms with Crippen molar-refractivity contribution in [1.82, 2.24) is 4.31 Å². The van der Waals surface area contributed by atoms with Crippen molar-refractivity contribution in [3.8, 4) is 0 Å². The van der Waals surface area contributed by atoms with E-state index in [1.165, 1.54) is 26.2 Å². The van der Waals surface area contributed by atoms with Crippen LogP contribution < -0.4 is 4.90 Å². The third-order valence-corrected chi connectivity index (χ3v) is 6.87. The van der Waals surface area contributed by atoms with Gasteiger partial charge in [-0.1, -0.05) is 23.2 Å². The van der Waals surface area contributed by atoms with Gasteiger partial charge in [0.1, 0.15) is 5.69 Å². The topological polar surface area (TPSA) is 83.8 Å². The largest absolute Gasteiger partial charge is 0.361 e. The van der Waals surface area contributed by atoms with Crippen LogP contribution in [0.3, 0.4) is 0 Å². The van der Waals surface area contributed by atoms with Crippen LogP contribution in [-0.4, -0.2) is 38.3 Å². The molecule has 0 N–H and O–H groups in total. The van der Waals surface area contributed by atoms with Crippen LogP contribution in [0.1, 0.15) is 11.1 Å². The Morgan fingerprint density at radius 3 is 2.52 bits per heavy atom. The molecule has 0 unspecified atom stereocenters. The molecular weight excluding hydrogens is 413 g/mol. The zero-order chi connectivity index (χ0) is 19.9. The van der Waals surface area contributed by atoms with Crippen molar-refractivity contribution in [2.75, 3.05) is 25.5 Å². The molecule has 1 heterocycles.